The Morgan fingerprint density at radius 1 is 1.33 bits per heavy atom. The molecule has 0 radical (unpaired) electrons. The molecule has 0 saturated heterocycles. The Hall–Kier alpha value is -1.94. The molecule has 0 aliphatic heterocycles. The van der Waals surface area contributed by atoms with E-state index >= 15 is 0 Å². The van der Waals surface area contributed by atoms with Crippen molar-refractivity contribution in [2.24, 2.45) is 5.92 Å². The zero-order valence-corrected chi connectivity index (χ0v) is 12.7. The predicted octanol–water partition coefficient (Wildman–Crippen LogP) is 4.16. The fraction of sp³-hybridized carbons (Fsp3) is 0.312. The van der Waals surface area contributed by atoms with Crippen LogP contribution in [0, 0.1) is 12.8 Å². The summed E-state index contributed by atoms with van der Waals surface area (Å²) in [5, 5.41) is 3.86. The second-order valence-corrected chi connectivity index (χ2v) is 5.86. The van der Waals surface area contributed by atoms with Crippen molar-refractivity contribution in [1.82, 2.24) is 4.98 Å². The van der Waals surface area contributed by atoms with Crippen molar-refractivity contribution in [2.45, 2.75) is 19.8 Å². The maximum atomic E-state index is 6.18. The van der Waals surface area contributed by atoms with Crippen LogP contribution in [0.1, 0.15) is 18.4 Å². The van der Waals surface area contributed by atoms with Crippen molar-refractivity contribution < 1.29 is 4.74 Å². The number of nitrogens with zero attached hydrogens (tertiary/aromatic N) is 1. The maximum Gasteiger partial charge on any atom is 0.239 e. The lowest BCUT2D eigenvalue weighted by molar-refractivity contribution is 0.290. The number of ether oxygens (including phenoxy) is 1. The molecule has 110 valence electrons. The van der Waals surface area contributed by atoms with Gasteiger partial charge < -0.3 is 15.8 Å². The quantitative estimate of drug-likeness (QED) is 0.871. The number of aryl methyl sites for hydroxylation is 1. The minimum atomic E-state index is 0.482. The van der Waals surface area contributed by atoms with Crippen LogP contribution in [0.3, 0.4) is 0 Å². The summed E-state index contributed by atoms with van der Waals surface area (Å²) < 4.78 is 5.68. The number of pyridine rings is 1. The molecule has 1 fully saturated rings. The molecule has 5 heteroatoms. The molecule has 1 saturated carbocycles. The van der Waals surface area contributed by atoms with E-state index in [0.717, 1.165) is 11.3 Å². The summed E-state index contributed by atoms with van der Waals surface area (Å²) in [6, 6.07) is 9.42. The van der Waals surface area contributed by atoms with Gasteiger partial charge in [-0.15, -0.1) is 0 Å². The van der Waals surface area contributed by atoms with Gasteiger partial charge in [0.25, 0.3) is 0 Å². The number of rotatable bonds is 5. The average Bonchev–Trinajstić information content (AvgIpc) is 3.27. The number of aromatic nitrogens is 1. The highest BCUT2D eigenvalue weighted by Crippen LogP contribution is 2.31. The normalized spacial score (nSPS) is 14.0. The number of hydrogen-bond donors (Lipinski definition) is 2. The number of nitrogens with two attached hydrogens (primary N) is 1. The third-order valence-corrected chi connectivity index (χ3v) is 3.76. The Bertz CT molecular complexity index is 656. The number of anilines is 3. The van der Waals surface area contributed by atoms with Gasteiger partial charge >= 0.3 is 0 Å². The van der Waals surface area contributed by atoms with Gasteiger partial charge in [-0.3, -0.25) is 0 Å². The molecule has 3 rings (SSSR count). The SMILES string of the molecule is Cc1ccc(Cl)c(Nc2ccc(N)c(OCC3CC3)n2)c1. The van der Waals surface area contributed by atoms with Crippen molar-refractivity contribution in [3.63, 3.8) is 0 Å². The van der Waals surface area contributed by atoms with E-state index < -0.39 is 0 Å². The molecule has 21 heavy (non-hydrogen) atoms. The minimum absolute atomic E-state index is 0.482. The molecule has 0 unspecified atom stereocenters. The van der Waals surface area contributed by atoms with Gasteiger partial charge in [0.1, 0.15) is 5.82 Å². The van der Waals surface area contributed by atoms with Crippen LogP contribution >= 0.6 is 11.6 Å². The van der Waals surface area contributed by atoms with Gasteiger partial charge in [0, 0.05) is 0 Å². The summed E-state index contributed by atoms with van der Waals surface area (Å²) in [4.78, 5) is 4.42. The molecule has 0 bridgehead atoms. The minimum Gasteiger partial charge on any atom is -0.476 e. The van der Waals surface area contributed by atoms with Crippen LogP contribution in [-0.2, 0) is 0 Å². The first-order chi connectivity index (χ1) is 10.1. The van der Waals surface area contributed by atoms with E-state index in [1.165, 1.54) is 12.8 Å². The zero-order valence-electron chi connectivity index (χ0n) is 11.9. The molecule has 3 N–H and O–H groups in total. The van der Waals surface area contributed by atoms with E-state index in [9.17, 15) is 0 Å². The van der Waals surface area contributed by atoms with Gasteiger partial charge in [0.15, 0.2) is 0 Å². The first-order valence-corrected chi connectivity index (χ1v) is 7.42. The number of hydrogen-bond acceptors (Lipinski definition) is 4. The van der Waals surface area contributed by atoms with E-state index in [1.54, 1.807) is 6.07 Å². The molecule has 1 aliphatic rings. The summed E-state index contributed by atoms with van der Waals surface area (Å²) in [7, 11) is 0. The fourth-order valence-corrected chi connectivity index (χ4v) is 2.16. The Morgan fingerprint density at radius 3 is 2.90 bits per heavy atom. The molecule has 1 aliphatic carbocycles. The highest BCUT2D eigenvalue weighted by molar-refractivity contribution is 6.33. The highest BCUT2D eigenvalue weighted by atomic mass is 35.5. The molecule has 0 spiro atoms. The Balaban J connectivity index is 1.78. The van der Waals surface area contributed by atoms with E-state index in [1.807, 2.05) is 31.2 Å². The summed E-state index contributed by atoms with van der Waals surface area (Å²) in [6.45, 7) is 2.70. The number of nitrogen functional groups attached to an aromatic ring is 1. The topological polar surface area (TPSA) is 60.2 Å². The monoisotopic (exact) mass is 303 g/mol. The standard InChI is InChI=1S/C16H18ClN3O/c1-10-2-5-12(17)14(8-10)19-15-7-6-13(18)16(20-15)21-9-11-3-4-11/h2,5-8,11H,3-4,9,18H2,1H3,(H,19,20). The van der Waals surface area contributed by atoms with Crippen molar-refractivity contribution in [1.29, 1.82) is 0 Å². The lowest BCUT2D eigenvalue weighted by Crippen LogP contribution is -2.05. The largest absolute Gasteiger partial charge is 0.476 e. The first-order valence-electron chi connectivity index (χ1n) is 7.04. The Labute approximate surface area is 129 Å². The number of benzene rings is 1. The second kappa shape index (κ2) is 5.82. The number of halogens is 1. The van der Waals surface area contributed by atoms with Gasteiger partial charge in [-0.2, -0.15) is 4.98 Å². The van der Waals surface area contributed by atoms with Gasteiger partial charge in [0.2, 0.25) is 5.88 Å². The number of nitrogens with one attached hydrogen (secondary N) is 1. The third-order valence-electron chi connectivity index (χ3n) is 3.43. The smallest absolute Gasteiger partial charge is 0.239 e. The molecule has 0 amide bonds. The second-order valence-electron chi connectivity index (χ2n) is 5.45. The molecule has 4 nitrogen and oxygen atoms in total. The summed E-state index contributed by atoms with van der Waals surface area (Å²) in [5.74, 6) is 1.81. The molecule has 2 aromatic rings. The van der Waals surface area contributed by atoms with Crippen molar-refractivity contribution >= 4 is 28.8 Å². The fourth-order valence-electron chi connectivity index (χ4n) is 1.99. The van der Waals surface area contributed by atoms with E-state index in [-0.39, 0.29) is 0 Å². The molecule has 1 aromatic carbocycles. The van der Waals surface area contributed by atoms with Crippen LogP contribution < -0.4 is 15.8 Å². The summed E-state index contributed by atoms with van der Waals surface area (Å²) in [5.41, 5.74) is 8.40. The van der Waals surface area contributed by atoms with Crippen molar-refractivity contribution in [2.75, 3.05) is 17.7 Å². The molecule has 1 aromatic heterocycles. The Morgan fingerprint density at radius 2 is 2.14 bits per heavy atom. The van der Waals surface area contributed by atoms with Crippen LogP contribution in [0.5, 0.6) is 5.88 Å². The first kappa shape index (κ1) is 14.0. The molecular formula is C16H18ClN3O. The molecule has 0 atom stereocenters. The average molecular weight is 304 g/mol. The van der Waals surface area contributed by atoms with Gasteiger partial charge in [0.05, 0.1) is 23.0 Å². The van der Waals surface area contributed by atoms with Crippen LogP contribution in [0.4, 0.5) is 17.2 Å². The van der Waals surface area contributed by atoms with Crippen LogP contribution in [-0.4, -0.2) is 11.6 Å². The lowest BCUT2D eigenvalue weighted by atomic mass is 10.2. The third kappa shape index (κ3) is 3.58. The van der Waals surface area contributed by atoms with Crippen LogP contribution in [0.15, 0.2) is 30.3 Å². The highest BCUT2D eigenvalue weighted by Gasteiger charge is 2.22. The zero-order chi connectivity index (χ0) is 14.8. The van der Waals surface area contributed by atoms with E-state index in [0.29, 0.717) is 34.9 Å². The van der Waals surface area contributed by atoms with E-state index in [4.69, 9.17) is 22.1 Å². The van der Waals surface area contributed by atoms with Crippen LogP contribution in [0.25, 0.3) is 0 Å². The molecular weight excluding hydrogens is 286 g/mol. The van der Waals surface area contributed by atoms with Crippen LogP contribution in [0.2, 0.25) is 5.02 Å². The predicted molar refractivity (Wildman–Crippen MR) is 86.3 cm³/mol. The summed E-state index contributed by atoms with van der Waals surface area (Å²) in [6.07, 6.45) is 2.47. The van der Waals surface area contributed by atoms with Crippen molar-refractivity contribution in [3.8, 4) is 5.88 Å². The molecule has 1 heterocycles. The van der Waals surface area contributed by atoms with E-state index in [2.05, 4.69) is 10.3 Å². The summed E-state index contributed by atoms with van der Waals surface area (Å²) >= 11 is 6.18. The maximum absolute atomic E-state index is 6.18. The van der Waals surface area contributed by atoms with Crippen molar-refractivity contribution in [3.05, 3.63) is 40.9 Å². The van der Waals surface area contributed by atoms with Gasteiger partial charge in [-0.25, -0.2) is 0 Å². The van der Waals surface area contributed by atoms with Gasteiger partial charge in [-0.05, 0) is 55.5 Å². The van der Waals surface area contributed by atoms with Gasteiger partial charge in [-0.1, -0.05) is 17.7 Å². The lowest BCUT2D eigenvalue weighted by Gasteiger charge is -2.12. The Kier molecular flexibility index (Phi) is 3.88.